The van der Waals surface area contributed by atoms with E-state index < -0.39 is 0 Å². The third-order valence-corrected chi connectivity index (χ3v) is 4.62. The lowest BCUT2D eigenvalue weighted by Crippen LogP contribution is -2.21. The molecule has 2 aromatic rings. The summed E-state index contributed by atoms with van der Waals surface area (Å²) in [5, 5.41) is 2.88. The van der Waals surface area contributed by atoms with Gasteiger partial charge in [-0.15, -0.1) is 0 Å². The second-order valence-corrected chi connectivity index (χ2v) is 6.61. The quantitative estimate of drug-likeness (QED) is 0.710. The average molecular weight is 381 g/mol. The van der Waals surface area contributed by atoms with Gasteiger partial charge in [0.15, 0.2) is 11.5 Å². The molecular weight excluding hydrogens is 354 g/mol. The molecule has 2 heterocycles. The maximum absolute atomic E-state index is 12.1. The van der Waals surface area contributed by atoms with Crippen LogP contribution in [0, 0.1) is 0 Å². The molecule has 3 rings (SSSR count). The largest absolute Gasteiger partial charge is 0.493 e. The predicted molar refractivity (Wildman–Crippen MR) is 111 cm³/mol. The Hall–Kier alpha value is -3.02. The summed E-state index contributed by atoms with van der Waals surface area (Å²) in [7, 11) is 1.60. The van der Waals surface area contributed by atoms with Gasteiger partial charge in [-0.25, -0.2) is 4.98 Å². The first-order chi connectivity index (χ1) is 13.7. The number of amides is 1. The number of pyridine rings is 1. The molecule has 0 atom stereocenters. The number of hydrogen-bond acceptors (Lipinski definition) is 5. The van der Waals surface area contributed by atoms with E-state index in [9.17, 15) is 4.79 Å². The van der Waals surface area contributed by atoms with Gasteiger partial charge >= 0.3 is 0 Å². The Kier molecular flexibility index (Phi) is 6.89. The molecule has 1 aliphatic heterocycles. The molecule has 1 fully saturated rings. The van der Waals surface area contributed by atoms with Gasteiger partial charge in [0.2, 0.25) is 5.91 Å². The number of rotatable bonds is 8. The number of benzene rings is 1. The van der Waals surface area contributed by atoms with Crippen LogP contribution in [0.1, 0.15) is 30.9 Å². The summed E-state index contributed by atoms with van der Waals surface area (Å²) in [5.74, 6) is 2.19. The molecule has 28 heavy (non-hydrogen) atoms. The van der Waals surface area contributed by atoms with Gasteiger partial charge in [-0.3, -0.25) is 4.79 Å². The average Bonchev–Trinajstić information content (AvgIpc) is 3.27. The van der Waals surface area contributed by atoms with E-state index in [0.717, 1.165) is 30.0 Å². The number of nitrogens with zero attached hydrogens (tertiary/aromatic N) is 2. The molecule has 1 aliphatic rings. The summed E-state index contributed by atoms with van der Waals surface area (Å²) >= 11 is 0. The summed E-state index contributed by atoms with van der Waals surface area (Å²) in [6, 6.07) is 9.61. The number of nitrogens with one attached hydrogen (secondary N) is 1. The van der Waals surface area contributed by atoms with E-state index in [-0.39, 0.29) is 5.91 Å². The predicted octanol–water partition coefficient (Wildman–Crippen LogP) is 3.42. The number of ether oxygens (including phenoxy) is 2. The summed E-state index contributed by atoms with van der Waals surface area (Å²) < 4.78 is 10.8. The number of carbonyl (C=O) groups excluding carboxylic acids is 1. The van der Waals surface area contributed by atoms with Crippen LogP contribution in [-0.4, -0.2) is 37.7 Å². The van der Waals surface area contributed by atoms with Crippen LogP contribution in [0.2, 0.25) is 0 Å². The van der Waals surface area contributed by atoms with Crippen molar-refractivity contribution in [1.82, 2.24) is 10.3 Å². The number of methoxy groups -OCH3 is 1. The number of carbonyl (C=O) groups is 1. The molecule has 6 nitrogen and oxygen atoms in total. The fourth-order valence-corrected chi connectivity index (χ4v) is 3.14. The highest BCUT2D eigenvalue weighted by atomic mass is 16.5. The van der Waals surface area contributed by atoms with Crippen LogP contribution in [0.25, 0.3) is 6.08 Å². The van der Waals surface area contributed by atoms with Gasteiger partial charge in [0, 0.05) is 31.9 Å². The third-order valence-electron chi connectivity index (χ3n) is 4.62. The summed E-state index contributed by atoms with van der Waals surface area (Å²) in [6.45, 7) is 5.09. The van der Waals surface area contributed by atoms with Crippen LogP contribution >= 0.6 is 0 Å². The minimum Gasteiger partial charge on any atom is -0.493 e. The van der Waals surface area contributed by atoms with E-state index in [2.05, 4.69) is 15.2 Å². The molecular formula is C22H27N3O3. The highest BCUT2D eigenvalue weighted by molar-refractivity contribution is 5.91. The van der Waals surface area contributed by atoms with Crippen LogP contribution in [0.5, 0.6) is 11.5 Å². The van der Waals surface area contributed by atoms with Crippen molar-refractivity contribution in [2.45, 2.75) is 26.3 Å². The lowest BCUT2D eigenvalue weighted by atomic mass is 10.2. The molecule has 1 aromatic heterocycles. The molecule has 1 saturated heterocycles. The molecule has 0 bridgehead atoms. The van der Waals surface area contributed by atoms with E-state index in [0.29, 0.717) is 24.7 Å². The summed E-state index contributed by atoms with van der Waals surface area (Å²) in [4.78, 5) is 18.9. The van der Waals surface area contributed by atoms with Gasteiger partial charge in [-0.05, 0) is 55.2 Å². The van der Waals surface area contributed by atoms with Crippen LogP contribution in [0.3, 0.4) is 0 Å². The lowest BCUT2D eigenvalue weighted by molar-refractivity contribution is -0.116. The molecule has 1 aromatic carbocycles. The van der Waals surface area contributed by atoms with E-state index in [1.54, 1.807) is 13.2 Å². The summed E-state index contributed by atoms with van der Waals surface area (Å²) in [6.07, 6.45) is 7.55. The first-order valence-electron chi connectivity index (χ1n) is 9.66. The van der Waals surface area contributed by atoms with Crippen molar-refractivity contribution in [1.29, 1.82) is 0 Å². The van der Waals surface area contributed by atoms with Crippen molar-refractivity contribution in [3.05, 3.63) is 53.7 Å². The summed E-state index contributed by atoms with van der Waals surface area (Å²) in [5.41, 5.74) is 1.85. The Morgan fingerprint density at radius 1 is 1.21 bits per heavy atom. The van der Waals surface area contributed by atoms with Crippen LogP contribution in [0.4, 0.5) is 5.82 Å². The van der Waals surface area contributed by atoms with Gasteiger partial charge < -0.3 is 19.7 Å². The van der Waals surface area contributed by atoms with Crippen LogP contribution < -0.4 is 19.7 Å². The Morgan fingerprint density at radius 2 is 2.04 bits per heavy atom. The zero-order valence-corrected chi connectivity index (χ0v) is 16.5. The number of hydrogen-bond donors (Lipinski definition) is 1. The zero-order valence-electron chi connectivity index (χ0n) is 16.5. The SMILES string of the molecule is CCOc1ccc(/C=C/C(=O)NCc2ccc(N3CCCC3)nc2)cc1OC. The number of aromatic nitrogens is 1. The highest BCUT2D eigenvalue weighted by Crippen LogP contribution is 2.28. The van der Waals surface area contributed by atoms with E-state index in [1.807, 2.05) is 43.5 Å². The first-order valence-corrected chi connectivity index (χ1v) is 9.66. The van der Waals surface area contributed by atoms with E-state index >= 15 is 0 Å². The molecule has 0 saturated carbocycles. The standard InChI is InChI=1S/C22H27N3O3/c1-3-28-19-9-6-17(14-20(19)27-2)8-11-22(26)24-16-18-7-10-21(23-15-18)25-12-4-5-13-25/h6-11,14-15H,3-5,12-13,16H2,1-2H3,(H,24,26)/b11-8+. The fourth-order valence-electron chi connectivity index (χ4n) is 3.14. The molecule has 6 heteroatoms. The second-order valence-electron chi connectivity index (χ2n) is 6.61. The molecule has 148 valence electrons. The van der Waals surface area contributed by atoms with Crippen molar-refractivity contribution in [2.24, 2.45) is 0 Å². The minimum atomic E-state index is -0.156. The Bertz CT molecular complexity index is 812. The van der Waals surface area contributed by atoms with Crippen LogP contribution in [0.15, 0.2) is 42.6 Å². The highest BCUT2D eigenvalue weighted by Gasteiger charge is 2.13. The lowest BCUT2D eigenvalue weighted by Gasteiger charge is -2.16. The normalized spacial score (nSPS) is 13.7. The van der Waals surface area contributed by atoms with Crippen molar-refractivity contribution in [3.63, 3.8) is 0 Å². The third kappa shape index (κ3) is 5.25. The molecule has 0 aliphatic carbocycles. The number of anilines is 1. The minimum absolute atomic E-state index is 0.156. The van der Waals surface area contributed by atoms with E-state index in [4.69, 9.17) is 9.47 Å². The maximum Gasteiger partial charge on any atom is 0.244 e. The fraction of sp³-hybridized carbons (Fsp3) is 0.364. The van der Waals surface area contributed by atoms with Gasteiger partial charge in [0.1, 0.15) is 5.82 Å². The van der Waals surface area contributed by atoms with Gasteiger partial charge in [0.05, 0.1) is 13.7 Å². The zero-order chi connectivity index (χ0) is 19.8. The van der Waals surface area contributed by atoms with E-state index in [1.165, 1.54) is 18.9 Å². The van der Waals surface area contributed by atoms with Crippen molar-refractivity contribution in [2.75, 3.05) is 31.7 Å². The van der Waals surface area contributed by atoms with Gasteiger partial charge in [-0.2, -0.15) is 0 Å². The van der Waals surface area contributed by atoms with Gasteiger partial charge in [-0.1, -0.05) is 12.1 Å². The second kappa shape index (κ2) is 9.78. The van der Waals surface area contributed by atoms with Crippen molar-refractivity contribution in [3.8, 4) is 11.5 Å². The van der Waals surface area contributed by atoms with Gasteiger partial charge in [0.25, 0.3) is 0 Å². The Balaban J connectivity index is 1.52. The maximum atomic E-state index is 12.1. The molecule has 1 amide bonds. The first kappa shape index (κ1) is 19.7. The molecule has 0 radical (unpaired) electrons. The molecule has 0 unspecified atom stereocenters. The molecule has 1 N–H and O–H groups in total. The monoisotopic (exact) mass is 381 g/mol. The topological polar surface area (TPSA) is 63.7 Å². The van der Waals surface area contributed by atoms with Crippen molar-refractivity contribution >= 4 is 17.8 Å². The van der Waals surface area contributed by atoms with Crippen LogP contribution in [-0.2, 0) is 11.3 Å². The van der Waals surface area contributed by atoms with Crippen molar-refractivity contribution < 1.29 is 14.3 Å². The Morgan fingerprint density at radius 3 is 2.71 bits per heavy atom. The molecule has 0 spiro atoms. The smallest absolute Gasteiger partial charge is 0.244 e. The Labute approximate surface area is 166 Å².